The fourth-order valence-corrected chi connectivity index (χ4v) is 3.68. The van der Waals surface area contributed by atoms with Crippen LogP contribution >= 0.6 is 11.3 Å². The number of nitrogens with one attached hydrogen (secondary N) is 2. The number of aryl methyl sites for hydroxylation is 1. The Hall–Kier alpha value is -3.39. The minimum atomic E-state index is -0.306. The highest BCUT2D eigenvalue weighted by molar-refractivity contribution is 7.13. The molecule has 0 aliphatic rings. The summed E-state index contributed by atoms with van der Waals surface area (Å²) in [6.45, 7) is 2.27. The monoisotopic (exact) mass is 393 g/mol. The van der Waals surface area contributed by atoms with Crippen molar-refractivity contribution in [2.75, 3.05) is 0 Å². The summed E-state index contributed by atoms with van der Waals surface area (Å²) in [5.74, 6) is -0.560. The molecule has 0 aliphatic carbocycles. The first-order valence-electron chi connectivity index (χ1n) is 8.55. The lowest BCUT2D eigenvalue weighted by atomic mass is 10.1. The molecule has 4 rings (SSSR count). The molecule has 4 aromatic rings. The SMILES string of the molecule is Cc1[nH]nc(-c2ccc(F)cc2)c1-c1nc(C(=O)NCc2cccnc2)cs1. The van der Waals surface area contributed by atoms with Crippen LogP contribution in [0.25, 0.3) is 21.8 Å². The maximum Gasteiger partial charge on any atom is 0.271 e. The van der Waals surface area contributed by atoms with Crippen molar-refractivity contribution in [1.29, 1.82) is 0 Å². The normalized spacial score (nSPS) is 10.8. The predicted molar refractivity (Wildman–Crippen MR) is 105 cm³/mol. The van der Waals surface area contributed by atoms with Crippen molar-refractivity contribution >= 4 is 17.2 Å². The number of benzene rings is 1. The third kappa shape index (κ3) is 3.67. The van der Waals surface area contributed by atoms with Crippen molar-refractivity contribution < 1.29 is 9.18 Å². The van der Waals surface area contributed by atoms with Crippen LogP contribution in [0.15, 0.2) is 54.2 Å². The molecule has 8 heteroatoms. The molecule has 0 radical (unpaired) electrons. The van der Waals surface area contributed by atoms with E-state index < -0.39 is 0 Å². The van der Waals surface area contributed by atoms with E-state index in [4.69, 9.17) is 0 Å². The topological polar surface area (TPSA) is 83.6 Å². The third-order valence-electron chi connectivity index (χ3n) is 4.19. The largest absolute Gasteiger partial charge is 0.347 e. The summed E-state index contributed by atoms with van der Waals surface area (Å²) < 4.78 is 13.2. The van der Waals surface area contributed by atoms with Gasteiger partial charge in [0, 0.05) is 35.6 Å². The van der Waals surface area contributed by atoms with Crippen molar-refractivity contribution in [1.82, 2.24) is 25.5 Å². The fraction of sp³-hybridized carbons (Fsp3) is 0.100. The molecule has 0 bridgehead atoms. The van der Waals surface area contributed by atoms with Gasteiger partial charge in [-0.05, 0) is 42.8 Å². The molecule has 0 aliphatic heterocycles. The zero-order valence-corrected chi connectivity index (χ0v) is 15.8. The zero-order valence-electron chi connectivity index (χ0n) is 14.9. The molecule has 0 spiro atoms. The van der Waals surface area contributed by atoms with Gasteiger partial charge in [0.25, 0.3) is 5.91 Å². The molecule has 2 N–H and O–H groups in total. The van der Waals surface area contributed by atoms with E-state index in [1.54, 1.807) is 29.9 Å². The smallest absolute Gasteiger partial charge is 0.271 e. The van der Waals surface area contributed by atoms with Gasteiger partial charge in [0.15, 0.2) is 0 Å². The van der Waals surface area contributed by atoms with Gasteiger partial charge in [-0.2, -0.15) is 5.10 Å². The second-order valence-electron chi connectivity index (χ2n) is 6.16. The molecule has 0 saturated heterocycles. The van der Waals surface area contributed by atoms with Crippen LogP contribution in [0.4, 0.5) is 4.39 Å². The number of H-pyrrole nitrogens is 1. The van der Waals surface area contributed by atoms with Crippen LogP contribution in [0.2, 0.25) is 0 Å². The maximum atomic E-state index is 13.2. The van der Waals surface area contributed by atoms with Gasteiger partial charge in [0.2, 0.25) is 0 Å². The average Bonchev–Trinajstić information content (AvgIpc) is 3.34. The maximum absolute atomic E-state index is 13.2. The molecule has 0 fully saturated rings. The standard InChI is InChI=1S/C20H16FN5OS/c1-12-17(18(26-25-12)14-4-6-15(21)7-5-14)20-24-16(11-28-20)19(27)23-10-13-3-2-8-22-9-13/h2-9,11H,10H2,1H3,(H,23,27)(H,25,26). The highest BCUT2D eigenvalue weighted by atomic mass is 32.1. The van der Waals surface area contributed by atoms with Gasteiger partial charge >= 0.3 is 0 Å². The van der Waals surface area contributed by atoms with Crippen LogP contribution in [0.1, 0.15) is 21.7 Å². The first-order valence-corrected chi connectivity index (χ1v) is 9.43. The van der Waals surface area contributed by atoms with E-state index in [0.717, 1.165) is 22.4 Å². The third-order valence-corrected chi connectivity index (χ3v) is 5.05. The van der Waals surface area contributed by atoms with E-state index in [1.165, 1.54) is 23.5 Å². The predicted octanol–water partition coefficient (Wildman–Crippen LogP) is 3.97. The van der Waals surface area contributed by atoms with Crippen molar-refractivity contribution in [3.05, 3.63) is 76.9 Å². The van der Waals surface area contributed by atoms with Crippen molar-refractivity contribution in [3.8, 4) is 21.8 Å². The molecular weight excluding hydrogens is 377 g/mol. The number of carbonyl (C=O) groups is 1. The quantitative estimate of drug-likeness (QED) is 0.537. The molecule has 6 nitrogen and oxygen atoms in total. The number of hydrogen-bond acceptors (Lipinski definition) is 5. The Balaban J connectivity index is 1.57. The van der Waals surface area contributed by atoms with Crippen LogP contribution in [0.3, 0.4) is 0 Å². The van der Waals surface area contributed by atoms with E-state index in [1.807, 2.05) is 19.1 Å². The van der Waals surface area contributed by atoms with Crippen LogP contribution in [-0.2, 0) is 6.54 Å². The number of hydrogen-bond donors (Lipinski definition) is 2. The Labute approximate surface area is 164 Å². The highest BCUT2D eigenvalue weighted by Crippen LogP contribution is 2.34. The van der Waals surface area contributed by atoms with E-state index >= 15 is 0 Å². The molecule has 0 saturated carbocycles. The summed E-state index contributed by atoms with van der Waals surface area (Å²) in [7, 11) is 0. The molecule has 0 unspecified atom stereocenters. The van der Waals surface area contributed by atoms with Gasteiger partial charge in [-0.1, -0.05) is 6.07 Å². The van der Waals surface area contributed by atoms with E-state index in [2.05, 4.69) is 25.5 Å². The molecule has 3 heterocycles. The van der Waals surface area contributed by atoms with Gasteiger partial charge < -0.3 is 5.32 Å². The second-order valence-corrected chi connectivity index (χ2v) is 7.02. The van der Waals surface area contributed by atoms with Crippen LogP contribution < -0.4 is 5.32 Å². The molecule has 140 valence electrons. The molecular formula is C20H16FN5OS. The Morgan fingerprint density at radius 1 is 1.25 bits per heavy atom. The first-order chi connectivity index (χ1) is 13.6. The summed E-state index contributed by atoms with van der Waals surface area (Å²) in [6.07, 6.45) is 3.39. The van der Waals surface area contributed by atoms with E-state index in [9.17, 15) is 9.18 Å². The lowest BCUT2D eigenvalue weighted by Gasteiger charge is -2.03. The molecule has 28 heavy (non-hydrogen) atoms. The molecule has 1 aromatic carbocycles. The number of aromatic nitrogens is 4. The van der Waals surface area contributed by atoms with Crippen molar-refractivity contribution in [3.63, 3.8) is 0 Å². The lowest BCUT2D eigenvalue weighted by Crippen LogP contribution is -2.23. The van der Waals surface area contributed by atoms with E-state index in [-0.39, 0.29) is 11.7 Å². The van der Waals surface area contributed by atoms with Gasteiger partial charge in [-0.15, -0.1) is 11.3 Å². The number of nitrogens with zero attached hydrogens (tertiary/aromatic N) is 3. The molecule has 1 amide bonds. The van der Waals surface area contributed by atoms with Gasteiger partial charge in [-0.3, -0.25) is 14.9 Å². The average molecular weight is 393 g/mol. The number of aromatic amines is 1. The Morgan fingerprint density at radius 2 is 2.07 bits per heavy atom. The van der Waals surface area contributed by atoms with Crippen molar-refractivity contribution in [2.45, 2.75) is 13.5 Å². The number of carbonyl (C=O) groups excluding carboxylic acids is 1. The van der Waals surface area contributed by atoms with Crippen LogP contribution in [0, 0.1) is 12.7 Å². The number of thiazole rings is 1. The summed E-state index contributed by atoms with van der Waals surface area (Å²) in [4.78, 5) is 20.9. The Bertz CT molecular complexity index is 1110. The highest BCUT2D eigenvalue weighted by Gasteiger charge is 2.19. The van der Waals surface area contributed by atoms with E-state index in [0.29, 0.717) is 22.9 Å². The van der Waals surface area contributed by atoms with Gasteiger partial charge in [0.1, 0.15) is 22.2 Å². The summed E-state index contributed by atoms with van der Waals surface area (Å²) in [5, 5.41) is 12.5. The van der Waals surface area contributed by atoms with Crippen molar-refractivity contribution in [2.24, 2.45) is 0 Å². The number of halogens is 1. The lowest BCUT2D eigenvalue weighted by molar-refractivity contribution is 0.0946. The second kappa shape index (κ2) is 7.69. The summed E-state index contributed by atoms with van der Waals surface area (Å²) in [5.41, 5.74) is 4.34. The minimum absolute atomic E-state index is 0.254. The fourth-order valence-electron chi connectivity index (χ4n) is 2.78. The Kier molecular flexibility index (Phi) is 4.94. The summed E-state index contributed by atoms with van der Waals surface area (Å²) in [6, 6.07) is 9.84. The molecule has 3 aromatic heterocycles. The molecule has 0 atom stereocenters. The van der Waals surface area contributed by atoms with Crippen LogP contribution in [0.5, 0.6) is 0 Å². The minimum Gasteiger partial charge on any atom is -0.347 e. The number of rotatable bonds is 5. The summed E-state index contributed by atoms with van der Waals surface area (Å²) >= 11 is 1.37. The number of amides is 1. The first kappa shape index (κ1) is 18.0. The zero-order chi connectivity index (χ0) is 19.5. The van der Waals surface area contributed by atoms with Gasteiger partial charge in [0.05, 0.1) is 5.56 Å². The van der Waals surface area contributed by atoms with Gasteiger partial charge in [-0.25, -0.2) is 9.37 Å². The number of pyridine rings is 1. The Morgan fingerprint density at radius 3 is 2.82 bits per heavy atom. The van der Waals surface area contributed by atoms with Crippen LogP contribution in [-0.4, -0.2) is 26.1 Å².